The van der Waals surface area contributed by atoms with Crippen LogP contribution in [0.5, 0.6) is 5.75 Å². The standard InChI is InChI=1S/C24H28N2O7S/c1-25(24(28)12-18-15-32-23-8-3-2-7-21(18)23)22(14-26-10-9-19(27)13-26)17-5-4-6-20(11-17)33-16-34(29,30)31/h2-8,11,15,19,22,27H,9-10,12-14,16H2,1H3,(H,29,30,31)/t19-,22+/m0/s1. The Morgan fingerprint density at radius 2 is 2.06 bits per heavy atom. The highest BCUT2D eigenvalue weighted by Crippen LogP contribution is 2.28. The number of aliphatic hydroxyl groups is 1. The van der Waals surface area contributed by atoms with Crippen molar-refractivity contribution in [2.45, 2.75) is 25.0 Å². The van der Waals surface area contributed by atoms with Crippen LogP contribution in [0.4, 0.5) is 0 Å². The number of aliphatic hydroxyl groups excluding tert-OH is 1. The quantitative estimate of drug-likeness (QED) is 0.441. The fraction of sp³-hybridized carbons (Fsp3) is 0.375. The van der Waals surface area contributed by atoms with E-state index in [1.165, 1.54) is 0 Å². The van der Waals surface area contributed by atoms with Crippen molar-refractivity contribution >= 4 is 27.0 Å². The summed E-state index contributed by atoms with van der Waals surface area (Å²) in [4.78, 5) is 17.1. The van der Waals surface area contributed by atoms with E-state index in [0.717, 1.165) is 22.1 Å². The highest BCUT2D eigenvalue weighted by Gasteiger charge is 2.29. The third kappa shape index (κ3) is 5.95. The lowest BCUT2D eigenvalue weighted by Crippen LogP contribution is -2.39. The van der Waals surface area contributed by atoms with E-state index >= 15 is 0 Å². The second-order valence-electron chi connectivity index (χ2n) is 8.57. The van der Waals surface area contributed by atoms with Gasteiger partial charge in [0.25, 0.3) is 0 Å². The molecule has 2 heterocycles. The summed E-state index contributed by atoms with van der Waals surface area (Å²) >= 11 is 0. The molecule has 4 rings (SSSR count). The number of rotatable bonds is 9. The number of benzene rings is 2. The van der Waals surface area contributed by atoms with Gasteiger partial charge >= 0.3 is 10.1 Å². The molecule has 1 aromatic heterocycles. The van der Waals surface area contributed by atoms with Crippen molar-refractivity contribution in [1.82, 2.24) is 9.80 Å². The summed E-state index contributed by atoms with van der Waals surface area (Å²) in [5.41, 5.74) is 2.27. The SMILES string of the molecule is CN(C(=O)Cc1coc2ccccc12)[C@H](CN1CC[C@H](O)C1)c1cccc(OCS(=O)(=O)O)c1. The van der Waals surface area contributed by atoms with Gasteiger partial charge in [0.05, 0.1) is 24.8 Å². The van der Waals surface area contributed by atoms with E-state index in [0.29, 0.717) is 26.1 Å². The van der Waals surface area contributed by atoms with Crippen LogP contribution in [0, 0.1) is 0 Å². The van der Waals surface area contributed by atoms with Crippen molar-refractivity contribution in [3.63, 3.8) is 0 Å². The van der Waals surface area contributed by atoms with Gasteiger partial charge in [-0.3, -0.25) is 14.2 Å². The van der Waals surface area contributed by atoms with Gasteiger partial charge in [-0.25, -0.2) is 0 Å². The van der Waals surface area contributed by atoms with Crippen molar-refractivity contribution in [1.29, 1.82) is 0 Å². The van der Waals surface area contributed by atoms with Crippen LogP contribution < -0.4 is 4.74 Å². The highest BCUT2D eigenvalue weighted by molar-refractivity contribution is 7.85. The smallest absolute Gasteiger partial charge is 0.300 e. The normalized spacial score (nSPS) is 17.7. The molecule has 0 bridgehead atoms. The van der Waals surface area contributed by atoms with Gasteiger partial charge < -0.3 is 19.2 Å². The van der Waals surface area contributed by atoms with Gasteiger partial charge in [-0.15, -0.1) is 0 Å². The Kier molecular flexibility index (Phi) is 7.22. The first-order valence-corrected chi connectivity index (χ1v) is 12.6. The van der Waals surface area contributed by atoms with E-state index in [1.807, 2.05) is 30.3 Å². The van der Waals surface area contributed by atoms with E-state index in [9.17, 15) is 18.3 Å². The molecule has 0 aliphatic carbocycles. The Bertz CT molecular complexity index is 1260. The molecule has 0 unspecified atom stereocenters. The molecule has 0 radical (unpaired) electrons. The number of carbonyl (C=O) groups excluding carboxylic acids is 1. The molecule has 2 atom stereocenters. The lowest BCUT2D eigenvalue weighted by molar-refractivity contribution is -0.131. The fourth-order valence-electron chi connectivity index (χ4n) is 4.26. The van der Waals surface area contributed by atoms with Crippen LogP contribution in [-0.4, -0.2) is 72.5 Å². The molecule has 1 saturated heterocycles. The number of likely N-dealkylation sites (N-methyl/N-ethyl adjacent to an activating group) is 1. The van der Waals surface area contributed by atoms with Gasteiger partial charge in [0, 0.05) is 37.6 Å². The first kappa shape index (κ1) is 24.2. The van der Waals surface area contributed by atoms with Crippen LogP contribution in [0.15, 0.2) is 59.2 Å². The largest absolute Gasteiger partial charge is 0.475 e. The first-order chi connectivity index (χ1) is 16.2. The average Bonchev–Trinajstić information content (AvgIpc) is 3.41. The number of amides is 1. The predicted molar refractivity (Wildman–Crippen MR) is 126 cm³/mol. The van der Waals surface area contributed by atoms with E-state index < -0.39 is 22.2 Å². The van der Waals surface area contributed by atoms with E-state index in [2.05, 4.69) is 4.90 Å². The summed E-state index contributed by atoms with van der Waals surface area (Å²) in [5, 5.41) is 10.9. The first-order valence-electron chi connectivity index (χ1n) is 11.0. The zero-order chi connectivity index (χ0) is 24.3. The van der Waals surface area contributed by atoms with Crippen LogP contribution in [-0.2, 0) is 21.3 Å². The van der Waals surface area contributed by atoms with Gasteiger partial charge in [0.1, 0.15) is 11.3 Å². The van der Waals surface area contributed by atoms with Crippen LogP contribution in [0.3, 0.4) is 0 Å². The van der Waals surface area contributed by atoms with E-state index in [4.69, 9.17) is 13.7 Å². The molecule has 182 valence electrons. The topological polar surface area (TPSA) is 121 Å². The number of hydrogen-bond donors (Lipinski definition) is 2. The number of likely N-dealkylation sites (tertiary alicyclic amines) is 1. The van der Waals surface area contributed by atoms with Gasteiger partial charge in [-0.1, -0.05) is 30.3 Å². The maximum atomic E-state index is 13.3. The van der Waals surface area contributed by atoms with Crippen LogP contribution in [0.1, 0.15) is 23.6 Å². The number of fused-ring (bicyclic) bond motifs is 1. The maximum absolute atomic E-state index is 13.3. The van der Waals surface area contributed by atoms with Crippen molar-refractivity contribution in [2.75, 3.05) is 32.6 Å². The Labute approximate surface area is 198 Å². The van der Waals surface area contributed by atoms with Gasteiger partial charge in [0.2, 0.25) is 11.8 Å². The van der Waals surface area contributed by atoms with E-state index in [-0.39, 0.29) is 24.1 Å². The van der Waals surface area contributed by atoms with Crippen LogP contribution in [0.2, 0.25) is 0 Å². The number of hydrogen-bond acceptors (Lipinski definition) is 7. The molecular formula is C24H28N2O7S. The molecular weight excluding hydrogens is 460 g/mol. The monoisotopic (exact) mass is 488 g/mol. The number of carbonyl (C=O) groups is 1. The summed E-state index contributed by atoms with van der Waals surface area (Å²) in [5.74, 6) is -0.703. The maximum Gasteiger partial charge on any atom is 0.300 e. The molecule has 1 fully saturated rings. The minimum Gasteiger partial charge on any atom is -0.475 e. The molecule has 10 heteroatoms. The zero-order valence-electron chi connectivity index (χ0n) is 18.8. The van der Waals surface area contributed by atoms with Crippen LogP contribution in [0.25, 0.3) is 11.0 Å². The number of nitrogens with zero attached hydrogens (tertiary/aromatic N) is 2. The Morgan fingerprint density at radius 1 is 1.26 bits per heavy atom. The number of ether oxygens (including phenoxy) is 1. The molecule has 0 saturated carbocycles. The lowest BCUT2D eigenvalue weighted by atomic mass is 10.0. The summed E-state index contributed by atoms with van der Waals surface area (Å²) in [7, 11) is -2.56. The van der Waals surface area contributed by atoms with Gasteiger partial charge in [0.15, 0.2) is 0 Å². The number of β-amino-alcohol motifs (C(OH)–C–C–N with tert-alkyl or cyclic N) is 1. The number of furan rings is 1. The molecule has 1 aliphatic rings. The molecule has 1 aliphatic heterocycles. The van der Waals surface area contributed by atoms with Crippen molar-refractivity contribution in [3.05, 3.63) is 65.9 Å². The van der Waals surface area contributed by atoms with E-state index in [1.54, 1.807) is 36.4 Å². The Morgan fingerprint density at radius 3 is 2.79 bits per heavy atom. The molecule has 2 N–H and O–H groups in total. The summed E-state index contributed by atoms with van der Waals surface area (Å²) < 4.78 is 41.9. The zero-order valence-corrected chi connectivity index (χ0v) is 19.6. The molecule has 9 nitrogen and oxygen atoms in total. The van der Waals surface area contributed by atoms with Gasteiger partial charge in [-0.2, -0.15) is 8.42 Å². The van der Waals surface area contributed by atoms with Crippen LogP contribution >= 0.6 is 0 Å². The second-order valence-corrected chi connectivity index (χ2v) is 9.97. The third-order valence-electron chi connectivity index (χ3n) is 6.06. The number of para-hydroxylation sites is 1. The minimum absolute atomic E-state index is 0.111. The molecule has 1 amide bonds. The van der Waals surface area contributed by atoms with Crippen molar-refractivity contribution in [2.24, 2.45) is 0 Å². The summed E-state index contributed by atoms with van der Waals surface area (Å²) in [6, 6.07) is 14.0. The molecule has 0 spiro atoms. The summed E-state index contributed by atoms with van der Waals surface area (Å²) in [6.07, 6.45) is 2.03. The van der Waals surface area contributed by atoms with Gasteiger partial charge in [-0.05, 0) is 30.2 Å². The highest BCUT2D eigenvalue weighted by atomic mass is 32.2. The average molecular weight is 489 g/mol. The van der Waals surface area contributed by atoms with Crippen molar-refractivity contribution in [3.8, 4) is 5.75 Å². The fourth-order valence-corrected chi connectivity index (χ4v) is 4.54. The second kappa shape index (κ2) is 10.1. The summed E-state index contributed by atoms with van der Waals surface area (Å²) in [6.45, 7) is 1.72. The third-order valence-corrected chi connectivity index (χ3v) is 6.48. The Hall–Kier alpha value is -2.92. The molecule has 3 aromatic rings. The minimum atomic E-state index is -4.29. The molecule has 34 heavy (non-hydrogen) atoms. The van der Waals surface area contributed by atoms with Crippen molar-refractivity contribution < 1.29 is 32.0 Å². The lowest BCUT2D eigenvalue weighted by Gasteiger charge is -2.32. The predicted octanol–water partition coefficient (Wildman–Crippen LogP) is 2.47. The molecule has 2 aromatic carbocycles. The Balaban J connectivity index is 1.57.